The van der Waals surface area contributed by atoms with Crippen LogP contribution in [0.5, 0.6) is 0 Å². The Morgan fingerprint density at radius 2 is 1.69 bits per heavy atom. The molecule has 0 saturated carbocycles. The van der Waals surface area contributed by atoms with Gasteiger partial charge in [0.1, 0.15) is 6.33 Å². The van der Waals surface area contributed by atoms with Crippen LogP contribution in [0.25, 0.3) is 16.7 Å². The van der Waals surface area contributed by atoms with E-state index in [1.54, 1.807) is 6.33 Å². The summed E-state index contributed by atoms with van der Waals surface area (Å²) >= 11 is 6.17. The quantitative estimate of drug-likeness (QED) is 0.621. The summed E-state index contributed by atoms with van der Waals surface area (Å²) in [5, 5.41) is 0.727. The van der Waals surface area contributed by atoms with E-state index >= 15 is 0 Å². The number of para-hydroxylation sites is 3. The SMILES string of the molecule is Clc1ccccc1-n1cnc2ccccc21. The summed E-state index contributed by atoms with van der Waals surface area (Å²) in [6.45, 7) is 0. The maximum atomic E-state index is 6.17. The molecule has 0 radical (unpaired) electrons. The van der Waals surface area contributed by atoms with Gasteiger partial charge in [-0.15, -0.1) is 0 Å². The minimum Gasteiger partial charge on any atom is -0.297 e. The Hall–Kier alpha value is -1.80. The predicted molar refractivity (Wildman–Crippen MR) is 66.1 cm³/mol. The third kappa shape index (κ3) is 1.39. The van der Waals surface area contributed by atoms with Gasteiger partial charge in [-0.3, -0.25) is 4.57 Å². The number of hydrogen-bond acceptors (Lipinski definition) is 1. The number of benzene rings is 2. The smallest absolute Gasteiger partial charge is 0.100 e. The van der Waals surface area contributed by atoms with Crippen molar-refractivity contribution in [2.45, 2.75) is 0 Å². The summed E-state index contributed by atoms with van der Waals surface area (Å²) in [5.74, 6) is 0. The Morgan fingerprint density at radius 1 is 0.938 bits per heavy atom. The summed E-state index contributed by atoms with van der Waals surface area (Å²) in [7, 11) is 0. The van der Waals surface area contributed by atoms with Crippen LogP contribution >= 0.6 is 11.6 Å². The van der Waals surface area contributed by atoms with Crippen LogP contribution in [0, 0.1) is 0 Å². The second kappa shape index (κ2) is 3.65. The lowest BCUT2D eigenvalue weighted by molar-refractivity contribution is 1.09. The van der Waals surface area contributed by atoms with Gasteiger partial charge in [0.15, 0.2) is 0 Å². The monoisotopic (exact) mass is 228 g/mol. The first-order valence-corrected chi connectivity index (χ1v) is 5.41. The normalized spacial score (nSPS) is 10.8. The molecule has 3 aromatic rings. The van der Waals surface area contributed by atoms with Crippen LogP contribution in [0.3, 0.4) is 0 Å². The number of aromatic nitrogens is 2. The number of nitrogens with zero attached hydrogens (tertiary/aromatic N) is 2. The molecule has 1 heterocycles. The number of halogens is 1. The molecule has 0 bridgehead atoms. The van der Waals surface area contributed by atoms with Crippen molar-refractivity contribution < 1.29 is 0 Å². The third-order valence-electron chi connectivity index (χ3n) is 2.57. The van der Waals surface area contributed by atoms with E-state index in [2.05, 4.69) is 4.98 Å². The van der Waals surface area contributed by atoms with Crippen molar-refractivity contribution in [1.82, 2.24) is 9.55 Å². The van der Waals surface area contributed by atoms with Gasteiger partial charge in [0.05, 0.1) is 21.7 Å². The molecule has 0 unspecified atom stereocenters. The molecule has 3 heteroatoms. The highest BCUT2D eigenvalue weighted by molar-refractivity contribution is 6.32. The molecule has 78 valence electrons. The largest absolute Gasteiger partial charge is 0.297 e. The molecular formula is C13H9ClN2. The summed E-state index contributed by atoms with van der Waals surface area (Å²) in [5.41, 5.74) is 3.00. The molecule has 2 aromatic carbocycles. The summed E-state index contributed by atoms with van der Waals surface area (Å²) in [6.07, 6.45) is 1.80. The summed E-state index contributed by atoms with van der Waals surface area (Å²) < 4.78 is 2.00. The third-order valence-corrected chi connectivity index (χ3v) is 2.89. The molecule has 0 aliphatic carbocycles. The van der Waals surface area contributed by atoms with Gasteiger partial charge in [-0.2, -0.15) is 0 Å². The van der Waals surface area contributed by atoms with Crippen LogP contribution in [0.4, 0.5) is 0 Å². The molecule has 3 rings (SSSR count). The fraction of sp³-hybridized carbons (Fsp3) is 0. The van der Waals surface area contributed by atoms with Gasteiger partial charge in [0, 0.05) is 0 Å². The number of rotatable bonds is 1. The lowest BCUT2D eigenvalue weighted by Gasteiger charge is -2.05. The van der Waals surface area contributed by atoms with Crippen LogP contribution in [0.2, 0.25) is 5.02 Å². The molecule has 0 aliphatic rings. The van der Waals surface area contributed by atoms with Crippen molar-refractivity contribution in [3.63, 3.8) is 0 Å². The van der Waals surface area contributed by atoms with Crippen molar-refractivity contribution in [2.24, 2.45) is 0 Å². The summed E-state index contributed by atoms with van der Waals surface area (Å²) in [4.78, 5) is 4.34. The van der Waals surface area contributed by atoms with Crippen molar-refractivity contribution >= 4 is 22.6 Å². The zero-order valence-electron chi connectivity index (χ0n) is 8.47. The van der Waals surface area contributed by atoms with Gasteiger partial charge in [-0.25, -0.2) is 4.98 Å². The van der Waals surface area contributed by atoms with E-state index in [1.165, 1.54) is 0 Å². The molecule has 0 saturated heterocycles. The van der Waals surface area contributed by atoms with E-state index < -0.39 is 0 Å². The minimum atomic E-state index is 0.727. The second-order valence-corrected chi connectivity index (χ2v) is 3.96. The van der Waals surface area contributed by atoms with Crippen LogP contribution in [0.15, 0.2) is 54.9 Å². The molecule has 16 heavy (non-hydrogen) atoms. The van der Waals surface area contributed by atoms with Gasteiger partial charge < -0.3 is 0 Å². The predicted octanol–water partition coefficient (Wildman–Crippen LogP) is 3.68. The number of fused-ring (bicyclic) bond motifs is 1. The van der Waals surface area contributed by atoms with Crippen LogP contribution in [-0.2, 0) is 0 Å². The first-order valence-electron chi connectivity index (χ1n) is 5.03. The Kier molecular flexibility index (Phi) is 2.15. The van der Waals surface area contributed by atoms with Gasteiger partial charge in [-0.05, 0) is 24.3 Å². The molecular weight excluding hydrogens is 220 g/mol. The van der Waals surface area contributed by atoms with Crippen LogP contribution in [-0.4, -0.2) is 9.55 Å². The molecule has 0 N–H and O–H groups in total. The van der Waals surface area contributed by atoms with E-state index in [4.69, 9.17) is 11.6 Å². The fourth-order valence-corrected chi connectivity index (χ4v) is 2.03. The number of hydrogen-bond donors (Lipinski definition) is 0. The first-order chi connectivity index (χ1) is 7.86. The molecule has 0 fully saturated rings. The van der Waals surface area contributed by atoms with E-state index in [0.29, 0.717) is 0 Å². The zero-order valence-corrected chi connectivity index (χ0v) is 9.22. The molecule has 2 nitrogen and oxygen atoms in total. The maximum Gasteiger partial charge on any atom is 0.100 e. The maximum absolute atomic E-state index is 6.17. The highest BCUT2D eigenvalue weighted by atomic mass is 35.5. The first kappa shape index (κ1) is 9.43. The lowest BCUT2D eigenvalue weighted by atomic mass is 10.3. The van der Waals surface area contributed by atoms with Crippen LogP contribution in [0.1, 0.15) is 0 Å². The van der Waals surface area contributed by atoms with Crippen LogP contribution < -0.4 is 0 Å². The minimum absolute atomic E-state index is 0.727. The molecule has 0 atom stereocenters. The van der Waals surface area contributed by atoms with Crippen molar-refractivity contribution in [3.05, 3.63) is 59.9 Å². The highest BCUT2D eigenvalue weighted by Gasteiger charge is 2.05. The average molecular weight is 229 g/mol. The van der Waals surface area contributed by atoms with E-state index in [0.717, 1.165) is 21.7 Å². The Bertz CT molecular complexity index is 643. The van der Waals surface area contributed by atoms with Gasteiger partial charge in [0.25, 0.3) is 0 Å². The van der Waals surface area contributed by atoms with Crippen molar-refractivity contribution in [2.75, 3.05) is 0 Å². The number of imidazole rings is 1. The zero-order chi connectivity index (χ0) is 11.0. The summed E-state index contributed by atoms with van der Waals surface area (Å²) in [6, 6.07) is 15.8. The Labute approximate surface area is 98.1 Å². The molecule has 0 amide bonds. The molecule has 0 aliphatic heterocycles. The fourth-order valence-electron chi connectivity index (χ4n) is 1.80. The molecule has 1 aromatic heterocycles. The van der Waals surface area contributed by atoms with Gasteiger partial charge in [0.2, 0.25) is 0 Å². The average Bonchev–Trinajstić information content (AvgIpc) is 2.74. The Balaban J connectivity index is 2.31. The molecule has 0 spiro atoms. The van der Waals surface area contributed by atoms with Crippen molar-refractivity contribution in [3.8, 4) is 5.69 Å². The second-order valence-electron chi connectivity index (χ2n) is 3.55. The van der Waals surface area contributed by atoms with Crippen molar-refractivity contribution in [1.29, 1.82) is 0 Å². The van der Waals surface area contributed by atoms with E-state index in [9.17, 15) is 0 Å². The van der Waals surface area contributed by atoms with Gasteiger partial charge >= 0.3 is 0 Å². The van der Waals surface area contributed by atoms with E-state index in [-0.39, 0.29) is 0 Å². The Morgan fingerprint density at radius 3 is 2.56 bits per heavy atom. The lowest BCUT2D eigenvalue weighted by Crippen LogP contribution is -1.92. The van der Waals surface area contributed by atoms with Gasteiger partial charge in [-0.1, -0.05) is 35.9 Å². The highest BCUT2D eigenvalue weighted by Crippen LogP contribution is 2.23. The van der Waals surface area contributed by atoms with E-state index in [1.807, 2.05) is 53.1 Å². The standard InChI is InChI=1S/C13H9ClN2/c14-10-5-1-3-7-12(10)16-9-15-11-6-2-4-8-13(11)16/h1-9H. The topological polar surface area (TPSA) is 17.8 Å².